The van der Waals surface area contributed by atoms with Crippen LogP contribution in [0.25, 0.3) is 0 Å². The Morgan fingerprint density at radius 3 is 2.60 bits per heavy atom. The molecule has 1 atom stereocenters. The second-order valence-corrected chi connectivity index (χ2v) is 6.74. The normalized spacial score (nSPS) is 22.4. The molecule has 0 aromatic rings. The van der Waals surface area contributed by atoms with Gasteiger partial charge in [-0.25, -0.2) is 0 Å². The number of nitrogens with zero attached hydrogens (tertiary/aromatic N) is 2. The second kappa shape index (κ2) is 12.7. The van der Waals surface area contributed by atoms with Gasteiger partial charge in [0.1, 0.15) is 0 Å². The van der Waals surface area contributed by atoms with E-state index in [-0.39, 0.29) is 35.8 Å². The van der Waals surface area contributed by atoms with Crippen LogP contribution in [0.3, 0.4) is 0 Å². The Morgan fingerprint density at radius 1 is 1.24 bits per heavy atom. The van der Waals surface area contributed by atoms with Gasteiger partial charge in [0.15, 0.2) is 5.96 Å². The van der Waals surface area contributed by atoms with Gasteiger partial charge in [-0.2, -0.15) is 0 Å². The lowest BCUT2D eigenvalue weighted by atomic mass is 9.96. The van der Waals surface area contributed by atoms with Crippen molar-refractivity contribution in [2.24, 2.45) is 16.6 Å². The van der Waals surface area contributed by atoms with Gasteiger partial charge in [-0.3, -0.25) is 9.79 Å². The van der Waals surface area contributed by atoms with E-state index < -0.39 is 0 Å². The van der Waals surface area contributed by atoms with Gasteiger partial charge in [-0.15, -0.1) is 24.0 Å². The maximum Gasteiger partial charge on any atom is 0.220 e. The third kappa shape index (κ3) is 8.54. The van der Waals surface area contributed by atoms with E-state index in [1.165, 1.54) is 0 Å². The summed E-state index contributed by atoms with van der Waals surface area (Å²) in [7, 11) is 1.80. The predicted molar refractivity (Wildman–Crippen MR) is 111 cm³/mol. The highest BCUT2D eigenvalue weighted by Gasteiger charge is 2.22. The van der Waals surface area contributed by atoms with Gasteiger partial charge in [0.2, 0.25) is 5.91 Å². The summed E-state index contributed by atoms with van der Waals surface area (Å²) < 4.78 is 5.60. The molecule has 2 aliphatic heterocycles. The summed E-state index contributed by atoms with van der Waals surface area (Å²) in [6.07, 6.45) is 6.70. The van der Waals surface area contributed by atoms with Gasteiger partial charge in [-0.1, -0.05) is 0 Å². The summed E-state index contributed by atoms with van der Waals surface area (Å²) in [5.41, 5.74) is 5.37. The van der Waals surface area contributed by atoms with Gasteiger partial charge < -0.3 is 26.0 Å². The van der Waals surface area contributed by atoms with Crippen molar-refractivity contribution in [3.63, 3.8) is 0 Å². The number of carbonyl (C=O) groups is 1. The van der Waals surface area contributed by atoms with E-state index in [4.69, 9.17) is 10.5 Å². The predicted octanol–water partition coefficient (Wildman–Crippen LogP) is 0.926. The number of hydrogen-bond acceptors (Lipinski definition) is 4. The van der Waals surface area contributed by atoms with Gasteiger partial charge in [-0.05, 0) is 58.2 Å². The average molecular weight is 467 g/mol. The minimum absolute atomic E-state index is 0. The molecule has 0 aliphatic carbocycles. The van der Waals surface area contributed by atoms with Crippen molar-refractivity contribution in [2.75, 3.05) is 46.4 Å². The summed E-state index contributed by atoms with van der Waals surface area (Å²) in [6, 6.07) is 0. The van der Waals surface area contributed by atoms with Crippen LogP contribution in [0.4, 0.5) is 0 Å². The number of unbranched alkanes of at least 4 members (excludes halogenated alkanes) is 1. The third-order valence-corrected chi connectivity index (χ3v) is 4.93. The van der Waals surface area contributed by atoms with Gasteiger partial charge >= 0.3 is 0 Å². The highest BCUT2D eigenvalue weighted by atomic mass is 127. The zero-order valence-corrected chi connectivity index (χ0v) is 17.7. The number of rotatable bonds is 8. The summed E-state index contributed by atoms with van der Waals surface area (Å²) in [5, 5.41) is 6.68. The van der Waals surface area contributed by atoms with Gasteiger partial charge in [0, 0.05) is 32.7 Å². The van der Waals surface area contributed by atoms with Crippen LogP contribution in [-0.4, -0.2) is 69.2 Å². The molecule has 1 unspecified atom stereocenters. The Morgan fingerprint density at radius 2 is 2.00 bits per heavy atom. The van der Waals surface area contributed by atoms with Crippen molar-refractivity contribution in [1.82, 2.24) is 15.5 Å². The lowest BCUT2D eigenvalue weighted by molar-refractivity contribution is -0.123. The Labute approximate surface area is 168 Å². The quantitative estimate of drug-likeness (QED) is 0.214. The fraction of sp³-hybridized carbons (Fsp3) is 0.882. The van der Waals surface area contributed by atoms with E-state index in [1.54, 1.807) is 7.05 Å². The first-order valence-corrected chi connectivity index (χ1v) is 9.27. The van der Waals surface area contributed by atoms with Crippen LogP contribution in [-0.2, 0) is 9.53 Å². The summed E-state index contributed by atoms with van der Waals surface area (Å²) >= 11 is 0. The number of guanidine groups is 1. The maximum atomic E-state index is 11.2. The van der Waals surface area contributed by atoms with Crippen LogP contribution >= 0.6 is 24.0 Å². The molecule has 25 heavy (non-hydrogen) atoms. The third-order valence-electron chi connectivity index (χ3n) is 4.93. The minimum Gasteiger partial charge on any atom is -0.376 e. The van der Waals surface area contributed by atoms with Crippen molar-refractivity contribution in [1.29, 1.82) is 0 Å². The van der Waals surface area contributed by atoms with E-state index in [0.717, 1.165) is 83.8 Å². The monoisotopic (exact) mass is 467 g/mol. The van der Waals surface area contributed by atoms with Crippen LogP contribution in [0.5, 0.6) is 0 Å². The molecule has 0 spiro atoms. The molecule has 0 saturated carbocycles. The van der Waals surface area contributed by atoms with Crippen molar-refractivity contribution >= 4 is 35.8 Å². The molecule has 0 aromatic heterocycles. The van der Waals surface area contributed by atoms with E-state index in [0.29, 0.717) is 6.10 Å². The molecule has 8 heteroatoms. The largest absolute Gasteiger partial charge is 0.376 e. The highest BCUT2D eigenvalue weighted by molar-refractivity contribution is 14.0. The molecule has 7 nitrogen and oxygen atoms in total. The number of carbonyl (C=O) groups excluding carboxylic acids is 1. The summed E-state index contributed by atoms with van der Waals surface area (Å²) in [6.45, 7) is 5.71. The van der Waals surface area contributed by atoms with E-state index in [2.05, 4.69) is 20.5 Å². The van der Waals surface area contributed by atoms with E-state index in [9.17, 15) is 4.79 Å². The first-order valence-electron chi connectivity index (χ1n) is 9.27. The molecular weight excluding hydrogens is 433 g/mol. The molecule has 4 N–H and O–H groups in total. The molecule has 0 radical (unpaired) electrons. The number of amides is 1. The number of halogens is 1. The fourth-order valence-corrected chi connectivity index (χ4v) is 3.34. The van der Waals surface area contributed by atoms with Crippen LogP contribution in [0.15, 0.2) is 4.99 Å². The first kappa shape index (κ1) is 22.4. The lowest BCUT2D eigenvalue weighted by Gasteiger charge is -2.30. The average Bonchev–Trinajstić information content (AvgIpc) is 3.11. The molecule has 2 saturated heterocycles. The molecule has 1 amide bonds. The molecule has 2 heterocycles. The highest BCUT2D eigenvalue weighted by Crippen LogP contribution is 2.16. The van der Waals surface area contributed by atoms with Crippen molar-refractivity contribution in [2.45, 2.75) is 44.6 Å². The second-order valence-electron chi connectivity index (χ2n) is 6.74. The first-order chi connectivity index (χ1) is 11.7. The minimum atomic E-state index is -0.138. The molecule has 0 bridgehead atoms. The van der Waals surface area contributed by atoms with Gasteiger partial charge in [0.05, 0.1) is 6.10 Å². The summed E-state index contributed by atoms with van der Waals surface area (Å²) in [5.74, 6) is 0.801. The van der Waals surface area contributed by atoms with Crippen molar-refractivity contribution in [3.05, 3.63) is 0 Å². The zero-order valence-electron chi connectivity index (χ0n) is 15.3. The molecule has 0 aromatic carbocycles. The molecule has 2 rings (SSSR count). The van der Waals surface area contributed by atoms with E-state index in [1.807, 2.05) is 0 Å². The van der Waals surface area contributed by atoms with Crippen molar-refractivity contribution < 1.29 is 9.53 Å². The fourth-order valence-electron chi connectivity index (χ4n) is 3.34. The SMILES string of the molecule is CN=C(NCCCCN1CCC(C(N)=O)CC1)NCC1CCCO1.I. The van der Waals surface area contributed by atoms with Gasteiger partial charge in [0.25, 0.3) is 0 Å². The Kier molecular flexibility index (Phi) is 11.4. The van der Waals surface area contributed by atoms with Crippen molar-refractivity contribution in [3.8, 4) is 0 Å². The Bertz CT molecular complexity index is 408. The van der Waals surface area contributed by atoms with Crippen LogP contribution in [0.1, 0.15) is 38.5 Å². The Hall–Kier alpha value is -0.610. The molecule has 2 fully saturated rings. The number of likely N-dealkylation sites (tertiary alicyclic amines) is 1. The molecular formula is C17H34IN5O2. The summed E-state index contributed by atoms with van der Waals surface area (Å²) in [4.78, 5) is 17.8. The van der Waals surface area contributed by atoms with Crippen LogP contribution in [0, 0.1) is 5.92 Å². The number of aliphatic imine (C=N–C) groups is 1. The number of nitrogens with one attached hydrogen (secondary N) is 2. The number of ether oxygens (including phenoxy) is 1. The zero-order chi connectivity index (χ0) is 17.2. The molecule has 2 aliphatic rings. The Balaban J connectivity index is 0.00000312. The number of piperidine rings is 1. The number of nitrogens with two attached hydrogens (primary N) is 1. The maximum absolute atomic E-state index is 11.2. The lowest BCUT2D eigenvalue weighted by Crippen LogP contribution is -2.41. The number of primary amides is 1. The number of hydrogen-bond donors (Lipinski definition) is 3. The van der Waals surface area contributed by atoms with E-state index >= 15 is 0 Å². The standard InChI is InChI=1S/C17H33N5O2.HI/c1-19-17(21-13-15-5-4-12-24-15)20-8-2-3-9-22-10-6-14(7-11-22)16(18)23;/h14-15H,2-13H2,1H3,(H2,18,23)(H2,19,20,21);1H. The van der Waals surface area contributed by atoms with Crippen LogP contribution in [0.2, 0.25) is 0 Å². The molecule has 146 valence electrons. The van der Waals surface area contributed by atoms with Crippen LogP contribution < -0.4 is 16.4 Å². The topological polar surface area (TPSA) is 92.0 Å². The smallest absolute Gasteiger partial charge is 0.220 e.